The van der Waals surface area contributed by atoms with Gasteiger partial charge in [0, 0.05) is 10.9 Å². The Balaban J connectivity index is 1.99. The highest BCUT2D eigenvalue weighted by atomic mass is 14.7. The zero-order valence-electron chi connectivity index (χ0n) is 13.0. The Morgan fingerprint density at radius 3 is 2.13 bits per heavy atom. The molecule has 0 saturated carbocycles. The molecule has 0 spiro atoms. The molecule has 0 aliphatic carbocycles. The van der Waals surface area contributed by atoms with Gasteiger partial charge in [0.05, 0.1) is 11.2 Å². The van der Waals surface area contributed by atoms with Crippen LogP contribution in [0.25, 0.3) is 33.3 Å². The lowest BCUT2D eigenvalue weighted by molar-refractivity contribution is 1.38. The Kier molecular flexibility index (Phi) is 3.39. The lowest BCUT2D eigenvalue weighted by atomic mass is 9.98. The SMILES string of the molecule is Cc1ccc(-c2cc(-c3ccccc3)c3ccccc3n2)cc1. The summed E-state index contributed by atoms with van der Waals surface area (Å²) in [5.41, 5.74) is 6.91. The van der Waals surface area contributed by atoms with Gasteiger partial charge in [-0.05, 0) is 30.2 Å². The topological polar surface area (TPSA) is 12.9 Å². The summed E-state index contributed by atoms with van der Waals surface area (Å²) in [7, 11) is 0. The number of hydrogen-bond acceptors (Lipinski definition) is 1. The van der Waals surface area contributed by atoms with Crippen LogP contribution in [-0.2, 0) is 0 Å². The van der Waals surface area contributed by atoms with Gasteiger partial charge >= 0.3 is 0 Å². The van der Waals surface area contributed by atoms with E-state index < -0.39 is 0 Å². The van der Waals surface area contributed by atoms with Gasteiger partial charge in [-0.1, -0.05) is 78.4 Å². The highest BCUT2D eigenvalue weighted by Gasteiger charge is 2.08. The van der Waals surface area contributed by atoms with Crippen LogP contribution < -0.4 is 0 Å². The van der Waals surface area contributed by atoms with Crippen LogP contribution >= 0.6 is 0 Å². The zero-order chi connectivity index (χ0) is 15.6. The van der Waals surface area contributed by atoms with E-state index in [2.05, 4.69) is 79.7 Å². The minimum atomic E-state index is 1.02. The number of nitrogens with zero attached hydrogens (tertiary/aromatic N) is 1. The van der Waals surface area contributed by atoms with Crippen molar-refractivity contribution in [3.8, 4) is 22.4 Å². The van der Waals surface area contributed by atoms with E-state index in [1.165, 1.54) is 22.1 Å². The molecule has 3 aromatic carbocycles. The van der Waals surface area contributed by atoms with Crippen molar-refractivity contribution in [3.63, 3.8) is 0 Å². The molecule has 0 radical (unpaired) electrons. The molecule has 1 nitrogen and oxygen atoms in total. The van der Waals surface area contributed by atoms with Gasteiger partial charge in [-0.3, -0.25) is 0 Å². The van der Waals surface area contributed by atoms with E-state index in [0.29, 0.717) is 0 Å². The van der Waals surface area contributed by atoms with Crippen molar-refractivity contribution < 1.29 is 0 Å². The van der Waals surface area contributed by atoms with Crippen LogP contribution in [0.3, 0.4) is 0 Å². The average Bonchev–Trinajstić information content (AvgIpc) is 2.62. The summed E-state index contributed by atoms with van der Waals surface area (Å²) in [5.74, 6) is 0. The molecule has 23 heavy (non-hydrogen) atoms. The summed E-state index contributed by atoms with van der Waals surface area (Å²) in [6, 6.07) is 29.6. The number of para-hydroxylation sites is 1. The van der Waals surface area contributed by atoms with Crippen molar-refractivity contribution in [2.45, 2.75) is 6.92 Å². The monoisotopic (exact) mass is 295 g/mol. The summed E-state index contributed by atoms with van der Waals surface area (Å²) in [6.45, 7) is 2.10. The maximum absolute atomic E-state index is 4.86. The van der Waals surface area contributed by atoms with E-state index in [-0.39, 0.29) is 0 Å². The minimum absolute atomic E-state index is 1.02. The van der Waals surface area contributed by atoms with E-state index in [0.717, 1.165) is 16.8 Å². The lowest BCUT2D eigenvalue weighted by Gasteiger charge is -2.10. The van der Waals surface area contributed by atoms with Crippen molar-refractivity contribution in [2.75, 3.05) is 0 Å². The van der Waals surface area contributed by atoms with E-state index in [1.807, 2.05) is 12.1 Å². The number of hydrogen-bond donors (Lipinski definition) is 0. The van der Waals surface area contributed by atoms with Gasteiger partial charge in [-0.15, -0.1) is 0 Å². The molecule has 0 saturated heterocycles. The fourth-order valence-electron chi connectivity index (χ4n) is 2.90. The van der Waals surface area contributed by atoms with Crippen molar-refractivity contribution in [1.29, 1.82) is 0 Å². The predicted molar refractivity (Wildman–Crippen MR) is 97.4 cm³/mol. The highest BCUT2D eigenvalue weighted by Crippen LogP contribution is 2.31. The first-order valence-electron chi connectivity index (χ1n) is 7.83. The second kappa shape index (κ2) is 5.69. The molecule has 0 fully saturated rings. The van der Waals surface area contributed by atoms with Crippen molar-refractivity contribution in [1.82, 2.24) is 4.98 Å². The van der Waals surface area contributed by atoms with Crippen molar-refractivity contribution >= 4 is 10.9 Å². The van der Waals surface area contributed by atoms with Crippen molar-refractivity contribution in [2.24, 2.45) is 0 Å². The molecule has 0 unspecified atom stereocenters. The molecule has 1 heterocycles. The highest BCUT2D eigenvalue weighted by molar-refractivity contribution is 5.96. The third-order valence-electron chi connectivity index (χ3n) is 4.15. The molecule has 4 aromatic rings. The van der Waals surface area contributed by atoms with E-state index in [1.54, 1.807) is 0 Å². The number of fused-ring (bicyclic) bond motifs is 1. The second-order valence-electron chi connectivity index (χ2n) is 5.80. The quantitative estimate of drug-likeness (QED) is 0.450. The van der Waals surface area contributed by atoms with Crippen LogP contribution in [0.4, 0.5) is 0 Å². The number of rotatable bonds is 2. The molecule has 0 amide bonds. The standard InChI is InChI=1S/C22H17N/c1-16-11-13-18(14-12-16)22-15-20(17-7-3-2-4-8-17)19-9-5-6-10-21(19)23-22/h2-15H,1H3. The average molecular weight is 295 g/mol. The smallest absolute Gasteiger partial charge is 0.0715 e. The Morgan fingerprint density at radius 2 is 1.35 bits per heavy atom. The van der Waals surface area contributed by atoms with Gasteiger partial charge in [-0.25, -0.2) is 4.98 Å². The first kappa shape index (κ1) is 13.7. The maximum Gasteiger partial charge on any atom is 0.0715 e. The van der Waals surface area contributed by atoms with Gasteiger partial charge in [0.15, 0.2) is 0 Å². The van der Waals surface area contributed by atoms with Crippen LogP contribution in [0.1, 0.15) is 5.56 Å². The fourth-order valence-corrected chi connectivity index (χ4v) is 2.90. The van der Waals surface area contributed by atoms with Crippen LogP contribution in [0.15, 0.2) is 84.9 Å². The zero-order valence-corrected chi connectivity index (χ0v) is 13.0. The van der Waals surface area contributed by atoms with Gasteiger partial charge in [0.25, 0.3) is 0 Å². The summed E-state index contributed by atoms with van der Waals surface area (Å²) in [6.07, 6.45) is 0. The first-order valence-corrected chi connectivity index (χ1v) is 7.83. The predicted octanol–water partition coefficient (Wildman–Crippen LogP) is 5.88. The van der Waals surface area contributed by atoms with Gasteiger partial charge < -0.3 is 0 Å². The Bertz CT molecular complexity index is 954. The summed E-state index contributed by atoms with van der Waals surface area (Å²) in [4.78, 5) is 4.86. The van der Waals surface area contributed by atoms with Gasteiger partial charge in [0.2, 0.25) is 0 Å². The Labute approximate surface area is 136 Å². The summed E-state index contributed by atoms with van der Waals surface area (Å²) < 4.78 is 0. The van der Waals surface area contributed by atoms with Crippen LogP contribution in [-0.4, -0.2) is 4.98 Å². The molecule has 1 heteroatoms. The molecule has 0 aliphatic rings. The molecule has 0 atom stereocenters. The minimum Gasteiger partial charge on any atom is -0.248 e. The van der Waals surface area contributed by atoms with Crippen LogP contribution in [0, 0.1) is 6.92 Å². The van der Waals surface area contributed by atoms with Crippen LogP contribution in [0.2, 0.25) is 0 Å². The number of aryl methyl sites for hydroxylation is 1. The molecular formula is C22H17N. The summed E-state index contributed by atoms with van der Waals surface area (Å²) >= 11 is 0. The Morgan fingerprint density at radius 1 is 0.652 bits per heavy atom. The summed E-state index contributed by atoms with van der Waals surface area (Å²) in [5, 5.41) is 1.19. The van der Waals surface area contributed by atoms with Crippen molar-refractivity contribution in [3.05, 3.63) is 90.5 Å². The fraction of sp³-hybridized carbons (Fsp3) is 0.0455. The van der Waals surface area contributed by atoms with Gasteiger partial charge in [0.1, 0.15) is 0 Å². The van der Waals surface area contributed by atoms with E-state index in [9.17, 15) is 0 Å². The lowest BCUT2D eigenvalue weighted by Crippen LogP contribution is -1.89. The molecule has 0 bridgehead atoms. The molecule has 0 aliphatic heterocycles. The third kappa shape index (κ3) is 2.62. The molecule has 0 N–H and O–H groups in total. The molecule has 1 aromatic heterocycles. The normalized spacial score (nSPS) is 10.8. The molecule has 4 rings (SSSR count). The van der Waals surface area contributed by atoms with Crippen LogP contribution in [0.5, 0.6) is 0 Å². The largest absolute Gasteiger partial charge is 0.248 e. The molecule has 110 valence electrons. The number of benzene rings is 3. The second-order valence-corrected chi connectivity index (χ2v) is 5.80. The third-order valence-corrected chi connectivity index (χ3v) is 4.15. The number of aromatic nitrogens is 1. The number of pyridine rings is 1. The maximum atomic E-state index is 4.86. The Hall–Kier alpha value is -2.93. The molecular weight excluding hydrogens is 278 g/mol. The first-order chi connectivity index (χ1) is 11.3. The van der Waals surface area contributed by atoms with Gasteiger partial charge in [-0.2, -0.15) is 0 Å². The van der Waals surface area contributed by atoms with E-state index >= 15 is 0 Å². The van der Waals surface area contributed by atoms with E-state index in [4.69, 9.17) is 4.98 Å².